The molecule has 4 nitrogen and oxygen atoms in total. The molecule has 2 N–H and O–H groups in total. The lowest BCUT2D eigenvalue weighted by atomic mass is 9.97. The predicted molar refractivity (Wildman–Crippen MR) is 86.0 cm³/mol. The molecule has 0 heterocycles. The Bertz CT molecular complexity index is 416. The minimum Gasteiger partial charge on any atom is -0.493 e. The van der Waals surface area contributed by atoms with Crippen LogP contribution in [0.5, 0.6) is 11.5 Å². The van der Waals surface area contributed by atoms with Crippen LogP contribution >= 0.6 is 0 Å². The second-order valence-corrected chi connectivity index (χ2v) is 5.37. The zero-order valence-electron chi connectivity index (χ0n) is 13.7. The van der Waals surface area contributed by atoms with Crippen LogP contribution in [0.15, 0.2) is 18.2 Å². The van der Waals surface area contributed by atoms with Crippen molar-refractivity contribution in [3.05, 3.63) is 23.8 Å². The van der Waals surface area contributed by atoms with Gasteiger partial charge in [-0.25, -0.2) is 0 Å². The van der Waals surface area contributed by atoms with E-state index in [0.717, 1.165) is 36.3 Å². The van der Waals surface area contributed by atoms with Gasteiger partial charge in [0, 0.05) is 13.1 Å². The van der Waals surface area contributed by atoms with E-state index in [0.29, 0.717) is 19.7 Å². The fraction of sp³-hybridized carbons (Fsp3) is 0.647. The number of ether oxygens (including phenoxy) is 2. The minimum atomic E-state index is -0.617. The lowest BCUT2D eigenvalue weighted by Gasteiger charge is -2.25. The topological polar surface area (TPSA) is 50.7 Å². The molecular formula is C17H29NO3. The van der Waals surface area contributed by atoms with Crippen LogP contribution in [-0.2, 0) is 6.54 Å². The van der Waals surface area contributed by atoms with Gasteiger partial charge in [-0.05, 0) is 37.0 Å². The molecule has 0 aliphatic rings. The van der Waals surface area contributed by atoms with Crippen LogP contribution in [0.1, 0.15) is 45.6 Å². The molecule has 0 fully saturated rings. The fourth-order valence-electron chi connectivity index (χ4n) is 2.10. The third-order valence-corrected chi connectivity index (χ3v) is 3.79. The van der Waals surface area contributed by atoms with Crippen molar-refractivity contribution in [3.63, 3.8) is 0 Å². The summed E-state index contributed by atoms with van der Waals surface area (Å²) in [6.45, 7) is 8.07. The Morgan fingerprint density at radius 3 is 2.43 bits per heavy atom. The maximum absolute atomic E-state index is 10.3. The van der Waals surface area contributed by atoms with Crippen LogP contribution < -0.4 is 14.8 Å². The molecule has 0 saturated carbocycles. The Balaban J connectivity index is 2.63. The van der Waals surface area contributed by atoms with E-state index in [1.807, 2.05) is 32.0 Å². The van der Waals surface area contributed by atoms with Crippen molar-refractivity contribution < 1.29 is 14.6 Å². The third kappa shape index (κ3) is 5.56. The Morgan fingerprint density at radius 1 is 1.14 bits per heavy atom. The minimum absolute atomic E-state index is 0.594. The number of nitrogens with one attached hydrogen (secondary N) is 1. The lowest BCUT2D eigenvalue weighted by Crippen LogP contribution is -2.39. The molecule has 0 aliphatic carbocycles. The summed E-state index contributed by atoms with van der Waals surface area (Å²) >= 11 is 0. The monoisotopic (exact) mass is 295 g/mol. The van der Waals surface area contributed by atoms with Gasteiger partial charge in [0.2, 0.25) is 0 Å². The van der Waals surface area contributed by atoms with Crippen LogP contribution in [-0.4, -0.2) is 31.0 Å². The van der Waals surface area contributed by atoms with Gasteiger partial charge in [0.15, 0.2) is 11.5 Å². The van der Waals surface area contributed by atoms with Crippen LogP contribution in [0.4, 0.5) is 0 Å². The van der Waals surface area contributed by atoms with Crippen LogP contribution in [0, 0.1) is 0 Å². The van der Waals surface area contributed by atoms with Gasteiger partial charge in [-0.15, -0.1) is 0 Å². The first-order valence-electron chi connectivity index (χ1n) is 7.81. The van der Waals surface area contributed by atoms with Crippen LogP contribution in [0.3, 0.4) is 0 Å². The van der Waals surface area contributed by atoms with Gasteiger partial charge < -0.3 is 19.9 Å². The van der Waals surface area contributed by atoms with E-state index in [9.17, 15) is 5.11 Å². The Morgan fingerprint density at radius 2 is 1.86 bits per heavy atom. The molecule has 0 aliphatic heterocycles. The normalized spacial score (nSPS) is 11.5. The zero-order chi connectivity index (χ0) is 15.7. The molecule has 0 radical (unpaired) electrons. The van der Waals surface area contributed by atoms with Crippen molar-refractivity contribution in [3.8, 4) is 11.5 Å². The number of aliphatic hydroxyl groups is 1. The second-order valence-electron chi connectivity index (χ2n) is 5.37. The predicted octanol–water partition coefficient (Wildman–Crippen LogP) is 3.12. The molecular weight excluding hydrogens is 266 g/mol. The second kappa shape index (κ2) is 8.90. The van der Waals surface area contributed by atoms with Gasteiger partial charge in [0.25, 0.3) is 0 Å². The summed E-state index contributed by atoms with van der Waals surface area (Å²) in [5, 5.41) is 13.6. The van der Waals surface area contributed by atoms with Crippen molar-refractivity contribution >= 4 is 0 Å². The van der Waals surface area contributed by atoms with E-state index in [2.05, 4.69) is 12.2 Å². The number of methoxy groups -OCH3 is 1. The smallest absolute Gasteiger partial charge is 0.161 e. The first kappa shape index (κ1) is 17.8. The van der Waals surface area contributed by atoms with Gasteiger partial charge in [-0.1, -0.05) is 26.8 Å². The van der Waals surface area contributed by atoms with Gasteiger partial charge in [0.05, 0.1) is 19.3 Å². The molecule has 0 spiro atoms. The average molecular weight is 295 g/mol. The van der Waals surface area contributed by atoms with Crippen molar-refractivity contribution in [2.75, 3.05) is 20.3 Å². The van der Waals surface area contributed by atoms with Crippen LogP contribution in [0.2, 0.25) is 0 Å². The van der Waals surface area contributed by atoms with Gasteiger partial charge in [-0.3, -0.25) is 0 Å². The molecule has 1 rings (SSSR count). The Kier molecular flexibility index (Phi) is 7.54. The third-order valence-electron chi connectivity index (χ3n) is 3.79. The van der Waals surface area contributed by atoms with Crippen molar-refractivity contribution in [1.82, 2.24) is 5.32 Å². The molecule has 0 unspecified atom stereocenters. The lowest BCUT2D eigenvalue weighted by molar-refractivity contribution is 0.0323. The standard InChI is InChI=1S/C17H29NO3/c1-5-10-21-16-11-14(8-9-15(16)20-4)12-18-13-17(19,6-2)7-3/h8-9,11,18-19H,5-7,10,12-13H2,1-4H3. The van der Waals surface area contributed by atoms with E-state index in [1.165, 1.54) is 0 Å². The van der Waals surface area contributed by atoms with E-state index < -0.39 is 5.60 Å². The van der Waals surface area contributed by atoms with Gasteiger partial charge in [0.1, 0.15) is 0 Å². The number of hydrogen-bond acceptors (Lipinski definition) is 4. The highest BCUT2D eigenvalue weighted by atomic mass is 16.5. The van der Waals surface area contributed by atoms with Crippen molar-refractivity contribution in [2.45, 2.75) is 52.2 Å². The molecule has 21 heavy (non-hydrogen) atoms. The molecule has 4 heteroatoms. The molecule has 1 aromatic carbocycles. The van der Waals surface area contributed by atoms with Crippen molar-refractivity contribution in [2.24, 2.45) is 0 Å². The molecule has 0 aromatic heterocycles. The SMILES string of the molecule is CCCOc1cc(CNCC(O)(CC)CC)ccc1OC. The maximum Gasteiger partial charge on any atom is 0.161 e. The number of rotatable bonds is 10. The fourth-order valence-corrected chi connectivity index (χ4v) is 2.10. The molecule has 0 amide bonds. The van der Waals surface area contributed by atoms with Gasteiger partial charge >= 0.3 is 0 Å². The highest BCUT2D eigenvalue weighted by Crippen LogP contribution is 2.28. The van der Waals surface area contributed by atoms with E-state index in [4.69, 9.17) is 9.47 Å². The summed E-state index contributed by atoms with van der Waals surface area (Å²) in [7, 11) is 1.65. The molecule has 0 atom stereocenters. The van der Waals surface area contributed by atoms with Crippen LogP contribution in [0.25, 0.3) is 0 Å². The summed E-state index contributed by atoms with van der Waals surface area (Å²) in [5.41, 5.74) is 0.505. The summed E-state index contributed by atoms with van der Waals surface area (Å²) in [4.78, 5) is 0. The summed E-state index contributed by atoms with van der Waals surface area (Å²) in [5.74, 6) is 1.53. The zero-order valence-corrected chi connectivity index (χ0v) is 13.7. The summed E-state index contributed by atoms with van der Waals surface area (Å²) in [6, 6.07) is 5.94. The molecule has 1 aromatic rings. The van der Waals surface area contributed by atoms with Gasteiger partial charge in [-0.2, -0.15) is 0 Å². The average Bonchev–Trinajstić information content (AvgIpc) is 2.52. The molecule has 120 valence electrons. The quantitative estimate of drug-likeness (QED) is 0.696. The first-order chi connectivity index (χ1) is 10.1. The summed E-state index contributed by atoms with van der Waals surface area (Å²) < 4.78 is 11.0. The highest BCUT2D eigenvalue weighted by Gasteiger charge is 2.21. The van der Waals surface area contributed by atoms with E-state index >= 15 is 0 Å². The number of benzene rings is 1. The Labute approximate surface area is 128 Å². The van der Waals surface area contributed by atoms with E-state index in [-0.39, 0.29) is 0 Å². The first-order valence-corrected chi connectivity index (χ1v) is 7.81. The molecule has 0 bridgehead atoms. The summed E-state index contributed by atoms with van der Waals surface area (Å²) in [6.07, 6.45) is 2.47. The number of hydrogen-bond donors (Lipinski definition) is 2. The maximum atomic E-state index is 10.3. The Hall–Kier alpha value is -1.26. The van der Waals surface area contributed by atoms with Crippen molar-refractivity contribution in [1.29, 1.82) is 0 Å². The van der Waals surface area contributed by atoms with E-state index in [1.54, 1.807) is 7.11 Å². The highest BCUT2D eigenvalue weighted by molar-refractivity contribution is 5.42. The molecule has 0 saturated heterocycles. The largest absolute Gasteiger partial charge is 0.493 e.